The lowest BCUT2D eigenvalue weighted by atomic mass is 10.2. The van der Waals surface area contributed by atoms with Gasteiger partial charge in [-0.25, -0.2) is 0 Å². The highest BCUT2D eigenvalue weighted by Crippen LogP contribution is 2.16. The molecule has 0 aliphatic heterocycles. The summed E-state index contributed by atoms with van der Waals surface area (Å²) in [5.41, 5.74) is 0.854. The van der Waals surface area contributed by atoms with Crippen LogP contribution < -0.4 is 5.84 Å². The van der Waals surface area contributed by atoms with Gasteiger partial charge in [0.2, 0.25) is 0 Å². The molecule has 0 radical (unpaired) electrons. The van der Waals surface area contributed by atoms with Gasteiger partial charge in [0.15, 0.2) is 0 Å². The first kappa shape index (κ1) is 6.91. The van der Waals surface area contributed by atoms with Crippen LogP contribution in [-0.4, -0.2) is 6.21 Å². The fraction of sp³-hybridized carbons (Fsp3) is 0. The van der Waals surface area contributed by atoms with Gasteiger partial charge in [-0.1, -0.05) is 18.2 Å². The van der Waals surface area contributed by atoms with E-state index in [1.54, 1.807) is 0 Å². The molecule has 0 bridgehead atoms. The number of benzene rings is 1. The molecule has 0 saturated carbocycles. The summed E-state index contributed by atoms with van der Waals surface area (Å²) in [4.78, 5) is 0. The molecule has 0 fully saturated rings. The van der Waals surface area contributed by atoms with Gasteiger partial charge in [0, 0.05) is 5.39 Å². The first-order valence-corrected chi connectivity index (χ1v) is 3.62. The molecule has 0 atom stereocenters. The van der Waals surface area contributed by atoms with Crippen LogP contribution in [0.15, 0.2) is 39.9 Å². The predicted octanol–water partition coefficient (Wildman–Crippen LogP) is 1.73. The normalized spacial score (nSPS) is 11.3. The van der Waals surface area contributed by atoms with Gasteiger partial charge in [-0.05, 0) is 12.1 Å². The molecular weight excluding hydrogens is 152 g/mol. The Morgan fingerprint density at radius 2 is 2.17 bits per heavy atom. The van der Waals surface area contributed by atoms with Crippen LogP contribution in [0.5, 0.6) is 0 Å². The summed E-state index contributed by atoms with van der Waals surface area (Å²) in [5, 5.41) is 4.44. The first-order valence-electron chi connectivity index (χ1n) is 3.62. The topological polar surface area (TPSA) is 51.5 Å². The Morgan fingerprint density at radius 3 is 2.92 bits per heavy atom. The van der Waals surface area contributed by atoms with Crippen LogP contribution in [-0.2, 0) is 0 Å². The minimum absolute atomic E-state index is 0.679. The van der Waals surface area contributed by atoms with E-state index in [9.17, 15) is 0 Å². The van der Waals surface area contributed by atoms with E-state index < -0.39 is 0 Å². The Morgan fingerprint density at radius 1 is 1.33 bits per heavy atom. The molecule has 0 spiro atoms. The monoisotopic (exact) mass is 160 g/mol. The molecule has 0 unspecified atom stereocenters. The number of para-hydroxylation sites is 1. The average Bonchev–Trinajstić information content (AvgIpc) is 2.47. The molecule has 3 heteroatoms. The van der Waals surface area contributed by atoms with Crippen LogP contribution in [0, 0.1) is 0 Å². The second-order valence-corrected chi connectivity index (χ2v) is 2.46. The third-order valence-corrected chi connectivity index (χ3v) is 1.65. The van der Waals surface area contributed by atoms with Crippen molar-refractivity contribution in [1.82, 2.24) is 0 Å². The molecule has 2 aromatic rings. The maximum absolute atomic E-state index is 5.38. The third kappa shape index (κ3) is 1.05. The molecule has 0 amide bonds. The standard InChI is InChI=1S/C9H8N2O/c10-11-6-8-5-7-3-1-2-4-9(7)12-8/h1-6H,10H2/b11-6+. The van der Waals surface area contributed by atoms with E-state index >= 15 is 0 Å². The summed E-state index contributed by atoms with van der Waals surface area (Å²) in [7, 11) is 0. The fourth-order valence-electron chi connectivity index (χ4n) is 1.14. The highest BCUT2D eigenvalue weighted by Gasteiger charge is 1.98. The third-order valence-electron chi connectivity index (χ3n) is 1.65. The zero-order chi connectivity index (χ0) is 8.39. The van der Waals surface area contributed by atoms with Crippen LogP contribution >= 0.6 is 0 Å². The lowest BCUT2D eigenvalue weighted by molar-refractivity contribution is 0.607. The predicted molar refractivity (Wildman–Crippen MR) is 48.0 cm³/mol. The lowest BCUT2D eigenvalue weighted by Gasteiger charge is -1.82. The van der Waals surface area contributed by atoms with E-state index in [1.807, 2.05) is 30.3 Å². The highest BCUT2D eigenvalue weighted by atomic mass is 16.3. The van der Waals surface area contributed by atoms with Crippen molar-refractivity contribution < 1.29 is 4.42 Å². The van der Waals surface area contributed by atoms with Crippen molar-refractivity contribution in [2.24, 2.45) is 10.9 Å². The largest absolute Gasteiger partial charge is 0.455 e. The van der Waals surface area contributed by atoms with Crippen LogP contribution in [0.2, 0.25) is 0 Å². The van der Waals surface area contributed by atoms with Crippen molar-refractivity contribution in [2.45, 2.75) is 0 Å². The zero-order valence-corrected chi connectivity index (χ0v) is 6.40. The number of hydrazone groups is 1. The number of nitrogens with two attached hydrogens (primary N) is 1. The lowest BCUT2D eigenvalue weighted by Crippen LogP contribution is -1.81. The number of hydrogen-bond acceptors (Lipinski definition) is 3. The summed E-state index contributed by atoms with van der Waals surface area (Å²) in [5.74, 6) is 5.67. The number of nitrogens with zero attached hydrogens (tertiary/aromatic N) is 1. The van der Waals surface area contributed by atoms with E-state index in [2.05, 4.69) is 5.10 Å². The maximum Gasteiger partial charge on any atom is 0.148 e. The summed E-state index contributed by atoms with van der Waals surface area (Å²) >= 11 is 0. The van der Waals surface area contributed by atoms with Crippen molar-refractivity contribution in [3.05, 3.63) is 36.1 Å². The van der Waals surface area contributed by atoms with Gasteiger partial charge in [0.05, 0.1) is 6.21 Å². The smallest absolute Gasteiger partial charge is 0.148 e. The van der Waals surface area contributed by atoms with Gasteiger partial charge in [-0.15, -0.1) is 0 Å². The van der Waals surface area contributed by atoms with Crippen molar-refractivity contribution in [2.75, 3.05) is 0 Å². The van der Waals surface area contributed by atoms with Gasteiger partial charge >= 0.3 is 0 Å². The molecule has 3 nitrogen and oxygen atoms in total. The summed E-state index contributed by atoms with van der Waals surface area (Å²) in [6.45, 7) is 0. The molecule has 0 aliphatic carbocycles. The van der Waals surface area contributed by atoms with Crippen LogP contribution in [0.1, 0.15) is 5.76 Å². The zero-order valence-electron chi connectivity index (χ0n) is 6.40. The Kier molecular flexibility index (Phi) is 1.55. The minimum Gasteiger partial charge on any atom is -0.455 e. The van der Waals surface area contributed by atoms with Crippen LogP contribution in [0.3, 0.4) is 0 Å². The molecule has 1 heterocycles. The van der Waals surface area contributed by atoms with E-state index in [4.69, 9.17) is 10.3 Å². The SMILES string of the molecule is N/N=C/c1cc2ccccc2o1. The molecular formula is C9H8N2O. The van der Waals surface area contributed by atoms with Crippen LogP contribution in [0.25, 0.3) is 11.0 Å². The van der Waals surface area contributed by atoms with Crippen molar-refractivity contribution in [3.8, 4) is 0 Å². The molecule has 0 aliphatic rings. The molecule has 0 saturated heterocycles. The summed E-state index contributed by atoms with van der Waals surface area (Å²) < 4.78 is 5.38. The van der Waals surface area contributed by atoms with Crippen molar-refractivity contribution >= 4 is 17.2 Å². The second-order valence-electron chi connectivity index (χ2n) is 2.46. The van der Waals surface area contributed by atoms with Gasteiger partial charge < -0.3 is 10.3 Å². The molecule has 1 aromatic heterocycles. The Hall–Kier alpha value is -1.77. The van der Waals surface area contributed by atoms with Gasteiger partial charge in [-0.2, -0.15) is 5.10 Å². The second kappa shape index (κ2) is 2.70. The Balaban J connectivity index is 2.62. The minimum atomic E-state index is 0.679. The number of fused-ring (bicyclic) bond motifs is 1. The average molecular weight is 160 g/mol. The summed E-state index contributed by atoms with van der Waals surface area (Å²) in [6, 6.07) is 9.66. The highest BCUT2D eigenvalue weighted by molar-refractivity contribution is 5.86. The Labute approximate surface area is 69.5 Å². The number of hydrogen-bond donors (Lipinski definition) is 1. The molecule has 60 valence electrons. The van der Waals surface area contributed by atoms with E-state index in [-0.39, 0.29) is 0 Å². The van der Waals surface area contributed by atoms with Gasteiger partial charge in [0.1, 0.15) is 11.3 Å². The quantitative estimate of drug-likeness (QED) is 0.392. The van der Waals surface area contributed by atoms with E-state index in [1.165, 1.54) is 6.21 Å². The first-order chi connectivity index (χ1) is 5.90. The van der Waals surface area contributed by atoms with Crippen molar-refractivity contribution in [3.63, 3.8) is 0 Å². The van der Waals surface area contributed by atoms with E-state index in [0.29, 0.717) is 5.76 Å². The van der Waals surface area contributed by atoms with Gasteiger partial charge in [-0.3, -0.25) is 0 Å². The molecule has 2 N–H and O–H groups in total. The molecule has 12 heavy (non-hydrogen) atoms. The van der Waals surface area contributed by atoms with Gasteiger partial charge in [0.25, 0.3) is 0 Å². The maximum atomic E-state index is 5.38. The Bertz CT molecular complexity index is 384. The summed E-state index contributed by atoms with van der Waals surface area (Å²) in [6.07, 6.45) is 1.49. The van der Waals surface area contributed by atoms with E-state index in [0.717, 1.165) is 11.0 Å². The number of furan rings is 1. The fourth-order valence-corrected chi connectivity index (χ4v) is 1.14. The van der Waals surface area contributed by atoms with Crippen LogP contribution in [0.4, 0.5) is 0 Å². The molecule has 1 aromatic carbocycles. The van der Waals surface area contributed by atoms with Crippen molar-refractivity contribution in [1.29, 1.82) is 0 Å². The number of rotatable bonds is 1. The molecule has 2 rings (SSSR count).